The standard InChI is InChI=1S/C17H29N3OS/c1-18-17(19-11-10-16-9-6-14-22-16)20-12-13-21-15-7-4-2-3-5-8-15/h6,9,14-15H,2-5,7-8,10-13H2,1H3,(H2,18,19,20). The molecule has 0 atom stereocenters. The molecule has 2 N–H and O–H groups in total. The molecule has 0 radical (unpaired) electrons. The lowest BCUT2D eigenvalue weighted by Crippen LogP contribution is -2.40. The van der Waals surface area contributed by atoms with E-state index >= 15 is 0 Å². The Morgan fingerprint density at radius 1 is 1.23 bits per heavy atom. The lowest BCUT2D eigenvalue weighted by Gasteiger charge is -2.16. The minimum absolute atomic E-state index is 0.470. The number of rotatable bonds is 7. The molecule has 1 aromatic rings. The van der Waals surface area contributed by atoms with Crippen molar-refractivity contribution in [1.29, 1.82) is 0 Å². The van der Waals surface area contributed by atoms with E-state index in [2.05, 4.69) is 33.1 Å². The number of guanidine groups is 1. The second kappa shape index (κ2) is 10.6. The Morgan fingerprint density at radius 2 is 2.00 bits per heavy atom. The normalized spacial score (nSPS) is 17.2. The molecule has 0 saturated heterocycles. The van der Waals surface area contributed by atoms with Gasteiger partial charge in [0.05, 0.1) is 12.7 Å². The van der Waals surface area contributed by atoms with E-state index in [9.17, 15) is 0 Å². The summed E-state index contributed by atoms with van der Waals surface area (Å²) in [6, 6.07) is 4.26. The van der Waals surface area contributed by atoms with Crippen LogP contribution in [0.15, 0.2) is 22.5 Å². The summed E-state index contributed by atoms with van der Waals surface area (Å²) in [5.41, 5.74) is 0. The molecule has 22 heavy (non-hydrogen) atoms. The Morgan fingerprint density at radius 3 is 2.68 bits per heavy atom. The van der Waals surface area contributed by atoms with E-state index in [4.69, 9.17) is 4.74 Å². The summed E-state index contributed by atoms with van der Waals surface area (Å²) in [5, 5.41) is 8.79. The van der Waals surface area contributed by atoms with Gasteiger partial charge in [-0.1, -0.05) is 31.7 Å². The van der Waals surface area contributed by atoms with Crippen molar-refractivity contribution in [3.63, 3.8) is 0 Å². The molecule has 2 rings (SSSR count). The molecule has 5 heteroatoms. The summed E-state index contributed by atoms with van der Waals surface area (Å²) in [6.45, 7) is 2.48. The predicted molar refractivity (Wildman–Crippen MR) is 94.8 cm³/mol. The van der Waals surface area contributed by atoms with Gasteiger partial charge >= 0.3 is 0 Å². The SMILES string of the molecule is CN=C(NCCOC1CCCCCC1)NCCc1cccs1. The summed E-state index contributed by atoms with van der Waals surface area (Å²) in [7, 11) is 1.81. The highest BCUT2D eigenvalue weighted by Gasteiger charge is 2.12. The first-order valence-electron chi connectivity index (χ1n) is 8.47. The maximum Gasteiger partial charge on any atom is 0.191 e. The van der Waals surface area contributed by atoms with Crippen LogP contribution in [-0.2, 0) is 11.2 Å². The summed E-state index contributed by atoms with van der Waals surface area (Å²) >= 11 is 1.80. The van der Waals surface area contributed by atoms with E-state index in [0.29, 0.717) is 6.10 Å². The molecule has 0 aromatic carbocycles. The van der Waals surface area contributed by atoms with E-state index in [-0.39, 0.29) is 0 Å². The fourth-order valence-electron chi connectivity index (χ4n) is 2.78. The van der Waals surface area contributed by atoms with Crippen LogP contribution in [0.25, 0.3) is 0 Å². The van der Waals surface area contributed by atoms with Gasteiger partial charge in [0.2, 0.25) is 0 Å². The Kier molecular flexibility index (Phi) is 8.35. The van der Waals surface area contributed by atoms with Crippen molar-refractivity contribution in [3.8, 4) is 0 Å². The molecule has 1 aliphatic rings. The third-order valence-corrected chi connectivity index (χ3v) is 4.95. The molecule has 0 unspecified atom stereocenters. The Labute approximate surface area is 138 Å². The zero-order valence-electron chi connectivity index (χ0n) is 13.6. The van der Waals surface area contributed by atoms with Gasteiger partial charge in [0.25, 0.3) is 0 Å². The molecule has 124 valence electrons. The molecule has 1 saturated carbocycles. The third-order valence-electron chi connectivity index (χ3n) is 4.02. The van der Waals surface area contributed by atoms with Crippen molar-refractivity contribution >= 4 is 17.3 Å². The summed E-state index contributed by atoms with van der Waals surface area (Å²) < 4.78 is 5.98. The summed E-state index contributed by atoms with van der Waals surface area (Å²) in [4.78, 5) is 5.65. The first kappa shape index (κ1) is 17.3. The van der Waals surface area contributed by atoms with Gasteiger partial charge in [-0.25, -0.2) is 0 Å². The second-order valence-corrected chi connectivity index (χ2v) is 6.77. The van der Waals surface area contributed by atoms with Crippen molar-refractivity contribution in [3.05, 3.63) is 22.4 Å². The van der Waals surface area contributed by atoms with E-state index in [0.717, 1.165) is 32.1 Å². The fraction of sp³-hybridized carbons (Fsp3) is 0.706. The number of aliphatic imine (C=N–C) groups is 1. The van der Waals surface area contributed by atoms with Gasteiger partial charge in [0.15, 0.2) is 5.96 Å². The van der Waals surface area contributed by atoms with Crippen LogP contribution in [-0.4, -0.2) is 38.8 Å². The highest BCUT2D eigenvalue weighted by Crippen LogP contribution is 2.19. The number of hydrogen-bond donors (Lipinski definition) is 2. The monoisotopic (exact) mass is 323 g/mol. The second-order valence-electron chi connectivity index (χ2n) is 5.74. The highest BCUT2D eigenvalue weighted by molar-refractivity contribution is 7.09. The van der Waals surface area contributed by atoms with Crippen LogP contribution in [0.2, 0.25) is 0 Å². The predicted octanol–water partition coefficient (Wildman–Crippen LogP) is 3.20. The van der Waals surface area contributed by atoms with Crippen LogP contribution in [0.3, 0.4) is 0 Å². The number of nitrogens with one attached hydrogen (secondary N) is 2. The topological polar surface area (TPSA) is 45.7 Å². The van der Waals surface area contributed by atoms with Crippen LogP contribution in [0.4, 0.5) is 0 Å². The van der Waals surface area contributed by atoms with Crippen LogP contribution in [0, 0.1) is 0 Å². The van der Waals surface area contributed by atoms with E-state index in [1.54, 1.807) is 11.3 Å². The Bertz CT molecular complexity index is 412. The molecular formula is C17H29N3OS. The third kappa shape index (κ3) is 6.79. The molecule has 1 heterocycles. The number of thiophene rings is 1. The van der Waals surface area contributed by atoms with Gasteiger partial charge < -0.3 is 15.4 Å². The zero-order valence-corrected chi connectivity index (χ0v) is 14.5. The van der Waals surface area contributed by atoms with Crippen molar-refractivity contribution in [1.82, 2.24) is 10.6 Å². The Balaban J connectivity index is 1.54. The van der Waals surface area contributed by atoms with E-state index < -0.39 is 0 Å². The average molecular weight is 324 g/mol. The first-order chi connectivity index (χ1) is 10.9. The molecule has 4 nitrogen and oxygen atoms in total. The maximum absolute atomic E-state index is 5.98. The minimum Gasteiger partial charge on any atom is -0.376 e. The Hall–Kier alpha value is -1.07. The van der Waals surface area contributed by atoms with Gasteiger partial charge in [-0.2, -0.15) is 0 Å². The molecular weight excluding hydrogens is 294 g/mol. The minimum atomic E-state index is 0.470. The van der Waals surface area contributed by atoms with E-state index in [1.165, 1.54) is 43.4 Å². The quantitative estimate of drug-likeness (QED) is 0.350. The van der Waals surface area contributed by atoms with Crippen molar-refractivity contribution in [2.75, 3.05) is 26.7 Å². The molecule has 1 aromatic heterocycles. The summed E-state index contributed by atoms with van der Waals surface area (Å²) in [6.07, 6.45) is 9.36. The van der Waals surface area contributed by atoms with Crippen LogP contribution >= 0.6 is 11.3 Å². The average Bonchev–Trinajstić information content (AvgIpc) is 2.92. The zero-order chi connectivity index (χ0) is 15.5. The molecule has 1 fully saturated rings. The van der Waals surface area contributed by atoms with Crippen molar-refractivity contribution in [2.45, 2.75) is 51.0 Å². The van der Waals surface area contributed by atoms with Gasteiger partial charge in [-0.05, 0) is 30.7 Å². The number of hydrogen-bond acceptors (Lipinski definition) is 3. The van der Waals surface area contributed by atoms with Crippen LogP contribution in [0.5, 0.6) is 0 Å². The van der Waals surface area contributed by atoms with Gasteiger partial charge in [-0.3, -0.25) is 4.99 Å². The molecule has 0 amide bonds. The van der Waals surface area contributed by atoms with Gasteiger partial charge in [0.1, 0.15) is 0 Å². The number of nitrogens with zero attached hydrogens (tertiary/aromatic N) is 1. The fourth-order valence-corrected chi connectivity index (χ4v) is 3.49. The lowest BCUT2D eigenvalue weighted by atomic mass is 10.1. The molecule has 0 aliphatic heterocycles. The van der Waals surface area contributed by atoms with Gasteiger partial charge in [-0.15, -0.1) is 11.3 Å². The lowest BCUT2D eigenvalue weighted by molar-refractivity contribution is 0.0468. The van der Waals surface area contributed by atoms with Crippen molar-refractivity contribution in [2.24, 2.45) is 4.99 Å². The van der Waals surface area contributed by atoms with Crippen LogP contribution < -0.4 is 10.6 Å². The van der Waals surface area contributed by atoms with Crippen LogP contribution in [0.1, 0.15) is 43.4 Å². The van der Waals surface area contributed by atoms with Crippen molar-refractivity contribution < 1.29 is 4.74 Å². The molecule has 0 spiro atoms. The molecule has 0 bridgehead atoms. The number of ether oxygens (including phenoxy) is 1. The smallest absolute Gasteiger partial charge is 0.191 e. The molecule has 1 aliphatic carbocycles. The highest BCUT2D eigenvalue weighted by atomic mass is 32.1. The summed E-state index contributed by atoms with van der Waals surface area (Å²) in [5.74, 6) is 0.862. The largest absolute Gasteiger partial charge is 0.376 e. The first-order valence-corrected chi connectivity index (χ1v) is 9.35. The van der Waals surface area contributed by atoms with E-state index in [1.807, 2.05) is 7.05 Å². The maximum atomic E-state index is 5.98. The van der Waals surface area contributed by atoms with Gasteiger partial charge in [0, 0.05) is 25.0 Å².